The van der Waals surface area contributed by atoms with E-state index in [-0.39, 0.29) is 23.4 Å². The third-order valence-corrected chi connectivity index (χ3v) is 6.93. The molecule has 1 aliphatic heterocycles. The van der Waals surface area contributed by atoms with Gasteiger partial charge >= 0.3 is 11.8 Å². The lowest BCUT2D eigenvalue weighted by molar-refractivity contribution is -0.136. The highest BCUT2D eigenvalue weighted by Gasteiger charge is 2.34. The molecule has 1 aromatic carbocycles. The topological polar surface area (TPSA) is 110 Å². The summed E-state index contributed by atoms with van der Waals surface area (Å²) in [5.41, 5.74) is 1.39. The molecular weight excluding hydrogens is 416 g/mol. The Hall–Kier alpha value is -2.39. The van der Waals surface area contributed by atoms with Gasteiger partial charge in [0, 0.05) is 16.6 Å². The number of benzene rings is 1. The zero-order valence-electron chi connectivity index (χ0n) is 15.7. The van der Waals surface area contributed by atoms with Crippen LogP contribution in [0.4, 0.5) is 5.82 Å². The Morgan fingerprint density at radius 3 is 2.41 bits per heavy atom. The van der Waals surface area contributed by atoms with Crippen molar-refractivity contribution < 1.29 is 18.0 Å². The van der Waals surface area contributed by atoms with E-state index in [9.17, 15) is 18.0 Å². The van der Waals surface area contributed by atoms with Crippen molar-refractivity contribution in [3.05, 3.63) is 40.5 Å². The number of carbonyl (C=O) groups excluding carboxylic acids is 2. The first-order valence-corrected chi connectivity index (χ1v) is 11.7. The molecule has 1 aromatic heterocycles. The minimum Gasteiger partial charge on any atom is -0.345 e. The molecule has 0 atom stereocenters. The summed E-state index contributed by atoms with van der Waals surface area (Å²) in [6, 6.07) is 6.74. The van der Waals surface area contributed by atoms with Crippen LogP contribution in [0.5, 0.6) is 0 Å². The van der Waals surface area contributed by atoms with Gasteiger partial charge in [0.2, 0.25) is 0 Å². The van der Waals surface area contributed by atoms with Crippen molar-refractivity contribution in [1.82, 2.24) is 15.1 Å². The summed E-state index contributed by atoms with van der Waals surface area (Å²) in [5, 5.41) is 10.2. The van der Waals surface area contributed by atoms with E-state index in [2.05, 4.69) is 15.7 Å². The molecule has 2 aromatic rings. The monoisotopic (exact) mass is 436 g/mol. The summed E-state index contributed by atoms with van der Waals surface area (Å²) >= 11 is 5.94. The molecule has 0 bridgehead atoms. The number of fused-ring (bicyclic) bond motifs is 1. The quantitative estimate of drug-likeness (QED) is 0.717. The van der Waals surface area contributed by atoms with E-state index in [1.54, 1.807) is 24.3 Å². The van der Waals surface area contributed by atoms with Gasteiger partial charge in [0.25, 0.3) is 0 Å². The first-order valence-electron chi connectivity index (χ1n) is 9.51. The van der Waals surface area contributed by atoms with Crippen molar-refractivity contribution in [1.29, 1.82) is 0 Å². The highest BCUT2D eigenvalue weighted by molar-refractivity contribution is 7.90. The molecule has 2 amide bonds. The van der Waals surface area contributed by atoms with E-state index < -0.39 is 21.7 Å². The van der Waals surface area contributed by atoms with E-state index in [4.69, 9.17) is 11.6 Å². The number of nitrogens with zero attached hydrogens (tertiary/aromatic N) is 2. The van der Waals surface area contributed by atoms with Gasteiger partial charge in [-0.05, 0) is 37.1 Å². The fraction of sp³-hybridized carbons (Fsp3) is 0.421. The molecule has 2 heterocycles. The van der Waals surface area contributed by atoms with Crippen LogP contribution in [0.25, 0.3) is 5.69 Å². The van der Waals surface area contributed by atoms with Crippen LogP contribution in [0, 0.1) is 0 Å². The molecule has 0 spiro atoms. The van der Waals surface area contributed by atoms with E-state index in [1.807, 2.05) is 0 Å². The van der Waals surface area contributed by atoms with Crippen LogP contribution in [0.1, 0.15) is 43.4 Å². The van der Waals surface area contributed by atoms with Crippen molar-refractivity contribution >= 4 is 39.1 Å². The molecule has 1 saturated carbocycles. The minimum absolute atomic E-state index is 0.00531. The van der Waals surface area contributed by atoms with Gasteiger partial charge in [-0.1, -0.05) is 30.9 Å². The van der Waals surface area contributed by atoms with Gasteiger partial charge in [-0.2, -0.15) is 5.10 Å². The zero-order chi connectivity index (χ0) is 20.6. The van der Waals surface area contributed by atoms with E-state index in [1.165, 1.54) is 4.68 Å². The summed E-state index contributed by atoms with van der Waals surface area (Å²) in [4.78, 5) is 24.9. The Bertz CT molecular complexity index is 1060. The third-order valence-electron chi connectivity index (χ3n) is 5.24. The molecule has 10 heteroatoms. The van der Waals surface area contributed by atoms with Crippen LogP contribution in [-0.2, 0) is 30.9 Å². The summed E-state index contributed by atoms with van der Waals surface area (Å²) in [6.07, 6.45) is 4.91. The molecule has 0 unspecified atom stereocenters. The molecule has 2 aliphatic rings. The van der Waals surface area contributed by atoms with Crippen molar-refractivity contribution in [2.24, 2.45) is 0 Å². The smallest absolute Gasteiger partial charge is 0.314 e. The maximum Gasteiger partial charge on any atom is 0.314 e. The number of hydrogen-bond donors (Lipinski definition) is 2. The second-order valence-electron chi connectivity index (χ2n) is 7.46. The van der Waals surface area contributed by atoms with E-state index in [0.29, 0.717) is 22.0 Å². The molecule has 154 valence electrons. The van der Waals surface area contributed by atoms with Crippen LogP contribution in [0.15, 0.2) is 24.3 Å². The number of rotatable bonds is 3. The highest BCUT2D eigenvalue weighted by atomic mass is 35.5. The zero-order valence-corrected chi connectivity index (χ0v) is 17.2. The Labute approximate surface area is 173 Å². The van der Waals surface area contributed by atoms with Gasteiger partial charge in [-0.3, -0.25) is 9.59 Å². The van der Waals surface area contributed by atoms with E-state index >= 15 is 0 Å². The standard InChI is InChI=1S/C19H21ClN4O4S/c20-12-6-8-14(9-7-12)24-17(15-10-29(27,28)11-16(15)23-24)22-19(26)18(25)21-13-4-2-1-3-5-13/h6-9,13H,1-5,10-11H2,(H,21,25)(H,22,26). The summed E-state index contributed by atoms with van der Waals surface area (Å²) in [7, 11) is -3.32. The molecule has 29 heavy (non-hydrogen) atoms. The second-order valence-corrected chi connectivity index (χ2v) is 9.96. The number of amides is 2. The molecule has 1 aliphatic carbocycles. The van der Waals surface area contributed by atoms with Gasteiger partial charge < -0.3 is 10.6 Å². The molecule has 4 rings (SSSR count). The highest BCUT2D eigenvalue weighted by Crippen LogP contribution is 2.33. The molecule has 0 saturated heterocycles. The maximum absolute atomic E-state index is 12.5. The summed E-state index contributed by atoms with van der Waals surface area (Å²) in [5.74, 6) is -1.78. The SMILES string of the molecule is O=C(Nc1c2c(nn1-c1ccc(Cl)cc1)CS(=O)(=O)C2)C(=O)NC1CCCCC1. The average Bonchev–Trinajstić information content (AvgIpc) is 3.15. The molecule has 8 nitrogen and oxygen atoms in total. The lowest BCUT2D eigenvalue weighted by Gasteiger charge is -2.22. The number of aromatic nitrogens is 2. The van der Waals surface area contributed by atoms with Crippen LogP contribution in [0.3, 0.4) is 0 Å². The Morgan fingerprint density at radius 1 is 1.03 bits per heavy atom. The first-order chi connectivity index (χ1) is 13.8. The molecule has 1 fully saturated rings. The second kappa shape index (κ2) is 7.79. The number of sulfone groups is 1. The maximum atomic E-state index is 12.5. The number of halogens is 1. The Balaban J connectivity index is 1.60. The van der Waals surface area contributed by atoms with Crippen molar-refractivity contribution in [3.63, 3.8) is 0 Å². The van der Waals surface area contributed by atoms with Gasteiger partial charge in [-0.25, -0.2) is 13.1 Å². The lowest BCUT2D eigenvalue weighted by atomic mass is 9.95. The van der Waals surface area contributed by atoms with Crippen molar-refractivity contribution in [3.8, 4) is 5.69 Å². The number of carbonyl (C=O) groups is 2. The number of anilines is 1. The number of nitrogens with one attached hydrogen (secondary N) is 2. The van der Waals surface area contributed by atoms with Crippen LogP contribution in [0.2, 0.25) is 5.02 Å². The Morgan fingerprint density at radius 2 is 1.72 bits per heavy atom. The summed E-state index contributed by atoms with van der Waals surface area (Å²) in [6.45, 7) is 0. The van der Waals surface area contributed by atoms with Crippen LogP contribution < -0.4 is 10.6 Å². The molecule has 0 radical (unpaired) electrons. The van der Waals surface area contributed by atoms with Crippen molar-refractivity contribution in [2.75, 3.05) is 5.32 Å². The Kier molecular flexibility index (Phi) is 5.35. The van der Waals surface area contributed by atoms with Gasteiger partial charge in [0.05, 0.1) is 22.9 Å². The number of hydrogen-bond acceptors (Lipinski definition) is 5. The summed E-state index contributed by atoms with van der Waals surface area (Å²) < 4.78 is 25.5. The van der Waals surface area contributed by atoms with Gasteiger partial charge in [-0.15, -0.1) is 0 Å². The van der Waals surface area contributed by atoms with Crippen LogP contribution >= 0.6 is 11.6 Å². The lowest BCUT2D eigenvalue weighted by Crippen LogP contribution is -2.42. The third kappa shape index (κ3) is 4.30. The molecule has 2 N–H and O–H groups in total. The fourth-order valence-corrected chi connectivity index (χ4v) is 5.42. The van der Waals surface area contributed by atoms with Crippen LogP contribution in [-0.4, -0.2) is 36.1 Å². The molecular formula is C19H21ClN4O4S. The normalized spacial score (nSPS) is 18.2. The predicted octanol–water partition coefficient (Wildman–Crippen LogP) is 2.34. The van der Waals surface area contributed by atoms with E-state index in [0.717, 1.165) is 32.1 Å². The average molecular weight is 437 g/mol. The van der Waals surface area contributed by atoms with Crippen molar-refractivity contribution in [2.45, 2.75) is 49.7 Å². The fourth-order valence-electron chi connectivity index (χ4n) is 3.80. The minimum atomic E-state index is -3.32. The van der Waals surface area contributed by atoms with Gasteiger partial charge in [0.15, 0.2) is 9.84 Å². The first kappa shape index (κ1) is 19.9. The predicted molar refractivity (Wildman–Crippen MR) is 109 cm³/mol. The van der Waals surface area contributed by atoms with Gasteiger partial charge in [0.1, 0.15) is 5.82 Å². The largest absolute Gasteiger partial charge is 0.345 e.